The summed E-state index contributed by atoms with van der Waals surface area (Å²) in [6.07, 6.45) is 1.17. The lowest BCUT2D eigenvalue weighted by Crippen LogP contribution is -2.17. The van der Waals surface area contributed by atoms with Crippen LogP contribution in [0.4, 0.5) is 0 Å². The average Bonchev–Trinajstić information content (AvgIpc) is 2.25. The standard InChI is InChI=1S/C13H20ClNO/c1-10(2)7-8-15-9-11-12(14)5-4-6-13(11)16-3/h4-6,10,15H,7-9H2,1-3H3. The molecule has 0 saturated carbocycles. The number of halogens is 1. The second-order valence-electron chi connectivity index (χ2n) is 4.28. The first-order chi connectivity index (χ1) is 7.65. The maximum Gasteiger partial charge on any atom is 0.124 e. The molecule has 0 aliphatic carbocycles. The third-order valence-electron chi connectivity index (χ3n) is 2.50. The van der Waals surface area contributed by atoms with Gasteiger partial charge in [0.1, 0.15) is 5.75 Å². The van der Waals surface area contributed by atoms with Crippen LogP contribution in [-0.2, 0) is 6.54 Å². The van der Waals surface area contributed by atoms with Crippen LogP contribution in [0.2, 0.25) is 5.02 Å². The monoisotopic (exact) mass is 241 g/mol. The number of rotatable bonds is 6. The van der Waals surface area contributed by atoms with Crippen LogP contribution in [0, 0.1) is 5.92 Å². The Hall–Kier alpha value is -0.730. The molecule has 0 aliphatic rings. The Labute approximate surface area is 103 Å². The van der Waals surface area contributed by atoms with Gasteiger partial charge in [0.05, 0.1) is 7.11 Å². The van der Waals surface area contributed by atoms with Gasteiger partial charge < -0.3 is 10.1 Å². The van der Waals surface area contributed by atoms with Crippen molar-refractivity contribution in [2.75, 3.05) is 13.7 Å². The van der Waals surface area contributed by atoms with Crippen LogP contribution in [0.15, 0.2) is 18.2 Å². The number of benzene rings is 1. The van der Waals surface area contributed by atoms with Crippen molar-refractivity contribution >= 4 is 11.6 Å². The van der Waals surface area contributed by atoms with E-state index in [1.165, 1.54) is 6.42 Å². The molecule has 0 atom stereocenters. The zero-order valence-electron chi connectivity index (χ0n) is 10.2. The summed E-state index contributed by atoms with van der Waals surface area (Å²) < 4.78 is 5.28. The lowest BCUT2D eigenvalue weighted by molar-refractivity contribution is 0.407. The van der Waals surface area contributed by atoms with Gasteiger partial charge in [-0.15, -0.1) is 0 Å². The van der Waals surface area contributed by atoms with E-state index in [9.17, 15) is 0 Å². The van der Waals surface area contributed by atoms with Crippen molar-refractivity contribution in [2.24, 2.45) is 5.92 Å². The molecule has 0 radical (unpaired) electrons. The van der Waals surface area contributed by atoms with E-state index in [1.807, 2.05) is 18.2 Å². The second kappa shape index (κ2) is 6.77. The smallest absolute Gasteiger partial charge is 0.124 e. The number of hydrogen-bond donors (Lipinski definition) is 1. The lowest BCUT2D eigenvalue weighted by Gasteiger charge is -2.12. The Morgan fingerprint density at radius 1 is 1.38 bits per heavy atom. The first-order valence-corrected chi connectivity index (χ1v) is 6.05. The van der Waals surface area contributed by atoms with E-state index in [-0.39, 0.29) is 0 Å². The normalized spacial score (nSPS) is 10.8. The summed E-state index contributed by atoms with van der Waals surface area (Å²) >= 11 is 6.13. The molecule has 2 nitrogen and oxygen atoms in total. The van der Waals surface area contributed by atoms with E-state index in [1.54, 1.807) is 7.11 Å². The second-order valence-corrected chi connectivity index (χ2v) is 4.69. The van der Waals surface area contributed by atoms with Gasteiger partial charge in [0.25, 0.3) is 0 Å². The summed E-state index contributed by atoms with van der Waals surface area (Å²) in [4.78, 5) is 0. The van der Waals surface area contributed by atoms with E-state index >= 15 is 0 Å². The van der Waals surface area contributed by atoms with Crippen molar-refractivity contribution in [1.82, 2.24) is 5.32 Å². The van der Waals surface area contributed by atoms with Crippen molar-refractivity contribution in [2.45, 2.75) is 26.8 Å². The minimum Gasteiger partial charge on any atom is -0.496 e. The number of nitrogens with one attached hydrogen (secondary N) is 1. The van der Waals surface area contributed by atoms with Crippen LogP contribution in [0.25, 0.3) is 0 Å². The molecule has 0 spiro atoms. The molecule has 0 bridgehead atoms. The quantitative estimate of drug-likeness (QED) is 0.770. The highest BCUT2D eigenvalue weighted by Gasteiger charge is 2.06. The van der Waals surface area contributed by atoms with Crippen molar-refractivity contribution < 1.29 is 4.74 Å². The summed E-state index contributed by atoms with van der Waals surface area (Å²) in [5.74, 6) is 1.57. The van der Waals surface area contributed by atoms with Crippen molar-refractivity contribution in [3.63, 3.8) is 0 Å². The maximum atomic E-state index is 6.13. The van der Waals surface area contributed by atoms with Crippen LogP contribution in [0.3, 0.4) is 0 Å². The Morgan fingerprint density at radius 2 is 2.12 bits per heavy atom. The van der Waals surface area contributed by atoms with Crippen LogP contribution < -0.4 is 10.1 Å². The SMILES string of the molecule is COc1cccc(Cl)c1CNCCC(C)C. The zero-order valence-corrected chi connectivity index (χ0v) is 11.0. The highest BCUT2D eigenvalue weighted by atomic mass is 35.5. The first-order valence-electron chi connectivity index (χ1n) is 5.67. The molecular formula is C13H20ClNO. The molecule has 16 heavy (non-hydrogen) atoms. The van der Waals surface area contributed by atoms with Gasteiger partial charge in [0.15, 0.2) is 0 Å². The first kappa shape index (κ1) is 13.3. The van der Waals surface area contributed by atoms with Crippen LogP contribution in [0.5, 0.6) is 5.75 Å². The topological polar surface area (TPSA) is 21.3 Å². The minimum absolute atomic E-state index is 0.723. The molecule has 0 amide bonds. The summed E-state index contributed by atoms with van der Waals surface area (Å²) in [5.41, 5.74) is 1.04. The largest absolute Gasteiger partial charge is 0.496 e. The van der Waals surface area contributed by atoms with E-state index < -0.39 is 0 Å². The molecule has 90 valence electrons. The molecule has 0 aromatic heterocycles. The molecule has 0 aliphatic heterocycles. The summed E-state index contributed by atoms with van der Waals surface area (Å²) in [6.45, 7) is 6.21. The summed E-state index contributed by atoms with van der Waals surface area (Å²) in [7, 11) is 1.67. The molecular weight excluding hydrogens is 222 g/mol. The van der Waals surface area contributed by atoms with E-state index in [0.29, 0.717) is 0 Å². The van der Waals surface area contributed by atoms with Gasteiger partial charge in [0, 0.05) is 17.1 Å². The molecule has 0 saturated heterocycles. The maximum absolute atomic E-state index is 6.13. The third kappa shape index (κ3) is 4.03. The Balaban J connectivity index is 2.52. The van der Waals surface area contributed by atoms with Crippen molar-refractivity contribution in [3.05, 3.63) is 28.8 Å². The average molecular weight is 242 g/mol. The summed E-state index contributed by atoms with van der Waals surface area (Å²) in [6, 6.07) is 5.73. The third-order valence-corrected chi connectivity index (χ3v) is 2.85. The molecule has 0 fully saturated rings. The molecule has 3 heteroatoms. The van der Waals surface area contributed by atoms with Gasteiger partial charge in [-0.25, -0.2) is 0 Å². The molecule has 1 aromatic carbocycles. The fourth-order valence-corrected chi connectivity index (χ4v) is 1.74. The lowest BCUT2D eigenvalue weighted by atomic mass is 10.1. The molecule has 1 rings (SSSR count). The fraction of sp³-hybridized carbons (Fsp3) is 0.538. The number of hydrogen-bond acceptors (Lipinski definition) is 2. The summed E-state index contributed by atoms with van der Waals surface area (Å²) in [5, 5.41) is 4.14. The van der Waals surface area contributed by atoms with Gasteiger partial charge in [-0.1, -0.05) is 31.5 Å². The van der Waals surface area contributed by atoms with Crippen LogP contribution in [0.1, 0.15) is 25.8 Å². The van der Waals surface area contributed by atoms with E-state index in [2.05, 4.69) is 19.2 Å². The number of methoxy groups -OCH3 is 1. The fourth-order valence-electron chi connectivity index (χ4n) is 1.51. The van der Waals surface area contributed by atoms with E-state index in [0.717, 1.165) is 35.3 Å². The molecule has 1 aromatic rings. The predicted molar refractivity (Wildman–Crippen MR) is 69.2 cm³/mol. The highest BCUT2D eigenvalue weighted by Crippen LogP contribution is 2.25. The van der Waals surface area contributed by atoms with Crippen molar-refractivity contribution in [1.29, 1.82) is 0 Å². The number of ether oxygens (including phenoxy) is 1. The Morgan fingerprint density at radius 3 is 2.75 bits per heavy atom. The van der Waals surface area contributed by atoms with Gasteiger partial charge >= 0.3 is 0 Å². The van der Waals surface area contributed by atoms with Crippen molar-refractivity contribution in [3.8, 4) is 5.75 Å². The molecule has 0 unspecified atom stereocenters. The Kier molecular flexibility index (Phi) is 5.64. The van der Waals surface area contributed by atoms with Gasteiger partial charge in [-0.05, 0) is 31.0 Å². The zero-order chi connectivity index (χ0) is 12.0. The van der Waals surface area contributed by atoms with Crippen LogP contribution >= 0.6 is 11.6 Å². The molecule has 0 heterocycles. The highest BCUT2D eigenvalue weighted by molar-refractivity contribution is 6.31. The minimum atomic E-state index is 0.723. The van der Waals surface area contributed by atoms with Gasteiger partial charge in [0.2, 0.25) is 0 Å². The van der Waals surface area contributed by atoms with Crippen LogP contribution in [-0.4, -0.2) is 13.7 Å². The predicted octanol–water partition coefficient (Wildman–Crippen LogP) is 3.48. The van der Waals surface area contributed by atoms with Gasteiger partial charge in [-0.2, -0.15) is 0 Å². The van der Waals surface area contributed by atoms with E-state index in [4.69, 9.17) is 16.3 Å². The Bertz CT molecular complexity index is 326. The van der Waals surface area contributed by atoms with Gasteiger partial charge in [-0.3, -0.25) is 0 Å². The molecule has 1 N–H and O–H groups in total.